The molecular formula is C36H34FN3O6S2. The zero-order valence-electron chi connectivity index (χ0n) is 26.7. The maximum atomic E-state index is 15.3. The lowest BCUT2D eigenvalue weighted by Crippen LogP contribution is -2.44. The number of cyclic esters (lactones) is 1. The summed E-state index contributed by atoms with van der Waals surface area (Å²) in [7, 11) is 3.37. The number of hydrogen-bond acceptors (Lipinski definition) is 9. The van der Waals surface area contributed by atoms with Gasteiger partial charge in [-0.15, -0.1) is 0 Å². The minimum Gasteiger partial charge on any atom is -0.458 e. The number of fused-ring (bicyclic) bond motifs is 6. The molecule has 0 bridgehead atoms. The van der Waals surface area contributed by atoms with Crippen molar-refractivity contribution in [3.05, 3.63) is 97.1 Å². The van der Waals surface area contributed by atoms with Gasteiger partial charge in [0.25, 0.3) is 5.56 Å². The lowest BCUT2D eigenvalue weighted by Gasteiger charge is -2.33. The van der Waals surface area contributed by atoms with Crippen LogP contribution in [0, 0.1) is 12.7 Å². The van der Waals surface area contributed by atoms with Crippen molar-refractivity contribution in [2.75, 3.05) is 6.26 Å². The third-order valence-corrected chi connectivity index (χ3v) is 12.8. The van der Waals surface area contributed by atoms with E-state index in [1.165, 1.54) is 17.2 Å². The number of alkyl carbamates (subject to hydrolysis) is 1. The van der Waals surface area contributed by atoms with Crippen LogP contribution in [0.3, 0.4) is 0 Å². The Morgan fingerprint density at radius 3 is 2.71 bits per heavy atom. The molecule has 248 valence electrons. The first-order chi connectivity index (χ1) is 23.1. The molecule has 2 aromatic carbocycles. The number of carbonyl (C=O) groups is 2. The molecule has 0 spiro atoms. The number of aryl methyl sites for hydroxylation is 1. The van der Waals surface area contributed by atoms with Crippen molar-refractivity contribution in [1.29, 1.82) is 0 Å². The van der Waals surface area contributed by atoms with E-state index in [1.807, 2.05) is 18.4 Å². The molecule has 1 amide bonds. The summed E-state index contributed by atoms with van der Waals surface area (Å²) in [6.45, 7) is 3.34. The van der Waals surface area contributed by atoms with E-state index in [0.29, 0.717) is 41.7 Å². The van der Waals surface area contributed by atoms with Crippen molar-refractivity contribution < 1.29 is 28.6 Å². The zero-order valence-corrected chi connectivity index (χ0v) is 28.4. The van der Waals surface area contributed by atoms with Crippen molar-refractivity contribution in [3.8, 4) is 11.4 Å². The Balaban J connectivity index is 1.21. The number of aliphatic hydroxyl groups is 1. The second-order valence-electron chi connectivity index (χ2n) is 13.0. The highest BCUT2D eigenvalue weighted by molar-refractivity contribution is 8.76. The standard InChI is InChI=1S/C36H34FN3O6S2/c1-4-36(44)23-13-27-32-21(15-40(27)33(41)22(23)16-45-34(36)42)31-25(10-9-20-17(2)24(37)14-26(38-32)30(20)31)39-35(43)46-28-11-18-7-5-6-8-19(18)12-29(28)48-47-3/h5-8,13-14,25,28-29,44H,4,9-12,15-16H2,1-3H3,(H,39,43)/t25-,28-,29-,36-/m0/s1. The lowest BCUT2D eigenvalue weighted by molar-refractivity contribution is -0.172. The van der Waals surface area contributed by atoms with Crippen LogP contribution in [0.15, 0.2) is 41.2 Å². The average molecular weight is 688 g/mol. The van der Waals surface area contributed by atoms with E-state index < -0.39 is 23.7 Å². The fraction of sp³-hybridized carbons (Fsp3) is 0.389. The Hall–Kier alpha value is -3.87. The van der Waals surface area contributed by atoms with E-state index in [0.717, 1.165) is 28.5 Å². The lowest BCUT2D eigenvalue weighted by atomic mass is 9.81. The first-order valence-corrected chi connectivity index (χ1v) is 18.8. The molecule has 0 radical (unpaired) electrons. The summed E-state index contributed by atoms with van der Waals surface area (Å²) in [5, 5.41) is 15.3. The Kier molecular flexibility index (Phi) is 7.61. The number of hydrogen-bond donors (Lipinski definition) is 2. The molecule has 4 atom stereocenters. The Morgan fingerprint density at radius 2 is 1.96 bits per heavy atom. The van der Waals surface area contributed by atoms with Crippen LogP contribution in [0.1, 0.15) is 70.3 Å². The van der Waals surface area contributed by atoms with Gasteiger partial charge in [-0.25, -0.2) is 19.0 Å². The zero-order chi connectivity index (χ0) is 33.5. The van der Waals surface area contributed by atoms with E-state index in [1.54, 1.807) is 46.1 Å². The molecule has 48 heavy (non-hydrogen) atoms. The first kappa shape index (κ1) is 31.4. The van der Waals surface area contributed by atoms with Crippen molar-refractivity contribution in [2.45, 2.75) is 82.1 Å². The number of esters is 1. The predicted molar refractivity (Wildman–Crippen MR) is 182 cm³/mol. The summed E-state index contributed by atoms with van der Waals surface area (Å²) in [6.07, 6.45) is 3.68. The molecule has 2 aromatic heterocycles. The van der Waals surface area contributed by atoms with Crippen LogP contribution in [-0.4, -0.2) is 44.3 Å². The number of aromatic nitrogens is 2. The van der Waals surface area contributed by atoms with Gasteiger partial charge in [0.15, 0.2) is 5.60 Å². The molecule has 8 rings (SSSR count). The summed E-state index contributed by atoms with van der Waals surface area (Å²) < 4.78 is 28.2. The third kappa shape index (κ3) is 4.70. The van der Waals surface area contributed by atoms with Crippen LogP contribution in [0.4, 0.5) is 9.18 Å². The van der Waals surface area contributed by atoms with Gasteiger partial charge in [-0.2, -0.15) is 0 Å². The van der Waals surface area contributed by atoms with Gasteiger partial charge in [0.2, 0.25) is 0 Å². The average Bonchev–Trinajstić information content (AvgIpc) is 3.45. The van der Waals surface area contributed by atoms with Gasteiger partial charge >= 0.3 is 12.1 Å². The Labute approximate surface area is 284 Å². The minimum absolute atomic E-state index is 0.0236. The van der Waals surface area contributed by atoms with E-state index in [4.69, 9.17) is 14.5 Å². The van der Waals surface area contributed by atoms with E-state index >= 15 is 4.39 Å². The van der Waals surface area contributed by atoms with Crippen molar-refractivity contribution >= 4 is 44.6 Å². The van der Waals surface area contributed by atoms with Crippen LogP contribution >= 0.6 is 21.6 Å². The summed E-state index contributed by atoms with van der Waals surface area (Å²) in [5.74, 6) is -1.17. The highest BCUT2D eigenvalue weighted by Crippen LogP contribution is 2.46. The normalized spacial score (nSPS) is 23.5. The summed E-state index contributed by atoms with van der Waals surface area (Å²) in [6, 6.07) is 10.8. The van der Waals surface area contributed by atoms with Gasteiger partial charge in [0.05, 0.1) is 40.3 Å². The maximum absolute atomic E-state index is 15.3. The molecule has 2 aliphatic carbocycles. The molecule has 12 heteroatoms. The molecule has 4 heterocycles. The van der Waals surface area contributed by atoms with Crippen LogP contribution in [0.5, 0.6) is 0 Å². The SMILES string of the molecule is CC[C@@]1(O)C(=O)OCc2c1cc1n(c2=O)Cc2c-1nc1cc(F)c(C)c3c1c2[C@@H](NC(=O)O[C@H]1Cc2ccccc2C[C@@H]1SSC)CC3. The Morgan fingerprint density at radius 1 is 1.19 bits per heavy atom. The molecule has 2 aliphatic heterocycles. The summed E-state index contributed by atoms with van der Waals surface area (Å²) >= 11 is 0. The van der Waals surface area contributed by atoms with E-state index in [2.05, 4.69) is 17.4 Å². The third-order valence-electron chi connectivity index (χ3n) is 10.5. The van der Waals surface area contributed by atoms with E-state index in [-0.39, 0.29) is 53.4 Å². The molecule has 4 aromatic rings. The molecular weight excluding hydrogens is 654 g/mol. The topological polar surface area (TPSA) is 120 Å². The molecule has 4 aliphatic rings. The summed E-state index contributed by atoms with van der Waals surface area (Å²) in [4.78, 5) is 45.2. The van der Waals surface area contributed by atoms with Crippen molar-refractivity contribution in [2.24, 2.45) is 0 Å². The highest BCUT2D eigenvalue weighted by atomic mass is 33.1. The number of benzene rings is 2. The summed E-state index contributed by atoms with van der Waals surface area (Å²) in [5.41, 5.74) is 4.77. The number of pyridine rings is 2. The number of carbonyl (C=O) groups excluding carboxylic acids is 2. The van der Waals surface area contributed by atoms with Gasteiger partial charge in [-0.3, -0.25) is 4.79 Å². The van der Waals surface area contributed by atoms with Gasteiger partial charge in [0, 0.05) is 29.0 Å². The minimum atomic E-state index is -1.97. The number of halogens is 1. The molecule has 0 saturated carbocycles. The number of amides is 1. The quantitative estimate of drug-likeness (QED) is 0.175. The molecule has 0 saturated heterocycles. The van der Waals surface area contributed by atoms with Crippen molar-refractivity contribution in [1.82, 2.24) is 14.9 Å². The van der Waals surface area contributed by atoms with Gasteiger partial charge in [-0.1, -0.05) is 52.8 Å². The number of nitrogens with zero attached hydrogens (tertiary/aromatic N) is 2. The molecule has 0 fully saturated rings. The number of nitrogens with one attached hydrogen (secondary N) is 1. The van der Waals surface area contributed by atoms with Gasteiger partial charge < -0.3 is 24.5 Å². The first-order valence-electron chi connectivity index (χ1n) is 16.2. The Bertz CT molecular complexity index is 2120. The van der Waals surface area contributed by atoms with E-state index in [9.17, 15) is 19.5 Å². The van der Waals surface area contributed by atoms with Crippen LogP contribution in [0.2, 0.25) is 0 Å². The van der Waals surface area contributed by atoms with Gasteiger partial charge in [-0.05, 0) is 72.7 Å². The highest BCUT2D eigenvalue weighted by Gasteiger charge is 2.46. The fourth-order valence-corrected chi connectivity index (χ4v) is 10.1. The number of rotatable bonds is 5. The molecule has 2 N–H and O–H groups in total. The second-order valence-corrected chi connectivity index (χ2v) is 15.7. The monoisotopic (exact) mass is 687 g/mol. The van der Waals surface area contributed by atoms with Crippen LogP contribution in [-0.2, 0) is 52.3 Å². The maximum Gasteiger partial charge on any atom is 0.407 e. The van der Waals surface area contributed by atoms with Crippen LogP contribution < -0.4 is 10.9 Å². The fourth-order valence-electron chi connectivity index (χ4n) is 8.00. The molecule has 0 unspecified atom stereocenters. The number of ether oxygens (including phenoxy) is 2. The van der Waals surface area contributed by atoms with Crippen LogP contribution in [0.25, 0.3) is 22.3 Å². The predicted octanol–water partition coefficient (Wildman–Crippen LogP) is 5.79. The second kappa shape index (κ2) is 11.6. The largest absolute Gasteiger partial charge is 0.458 e. The van der Waals surface area contributed by atoms with Crippen molar-refractivity contribution in [3.63, 3.8) is 0 Å². The van der Waals surface area contributed by atoms with Gasteiger partial charge in [0.1, 0.15) is 18.5 Å². The molecule has 9 nitrogen and oxygen atoms in total. The smallest absolute Gasteiger partial charge is 0.407 e.